The third-order valence-corrected chi connectivity index (χ3v) is 2.55. The minimum atomic E-state index is -0.345. The highest BCUT2D eigenvalue weighted by molar-refractivity contribution is 5.49. The number of H-pyrrole nitrogens is 1. The van der Waals surface area contributed by atoms with Crippen LogP contribution >= 0.6 is 0 Å². The van der Waals surface area contributed by atoms with Crippen LogP contribution in [0.1, 0.15) is 5.82 Å². The molecule has 1 aromatic carbocycles. The van der Waals surface area contributed by atoms with Crippen LogP contribution in [0.4, 0.5) is 0 Å². The van der Waals surface area contributed by atoms with E-state index in [4.69, 9.17) is 15.2 Å². The van der Waals surface area contributed by atoms with Crippen molar-refractivity contribution in [2.24, 2.45) is 5.73 Å². The van der Waals surface area contributed by atoms with E-state index in [-0.39, 0.29) is 12.2 Å². The van der Waals surface area contributed by atoms with Gasteiger partial charge in [-0.15, -0.1) is 0 Å². The van der Waals surface area contributed by atoms with Crippen molar-refractivity contribution in [3.63, 3.8) is 0 Å². The Morgan fingerprint density at radius 2 is 2.06 bits per heavy atom. The number of aromatic amines is 1. The lowest BCUT2D eigenvalue weighted by molar-refractivity contribution is 0.355. The van der Waals surface area contributed by atoms with E-state index in [1.54, 1.807) is 25.3 Å². The molecule has 0 radical (unpaired) electrons. The van der Waals surface area contributed by atoms with Crippen molar-refractivity contribution in [2.45, 2.75) is 6.54 Å². The van der Waals surface area contributed by atoms with E-state index < -0.39 is 0 Å². The molecule has 0 saturated carbocycles. The second-order valence-corrected chi connectivity index (χ2v) is 3.52. The van der Waals surface area contributed by atoms with E-state index in [0.717, 1.165) is 0 Å². The summed E-state index contributed by atoms with van der Waals surface area (Å²) < 4.78 is 11.7. The number of ether oxygens (including phenoxy) is 2. The van der Waals surface area contributed by atoms with Crippen LogP contribution in [0.3, 0.4) is 0 Å². The van der Waals surface area contributed by atoms with Gasteiger partial charge in [0.2, 0.25) is 0 Å². The first-order valence-electron chi connectivity index (χ1n) is 5.30. The van der Waals surface area contributed by atoms with Gasteiger partial charge < -0.3 is 15.2 Å². The average Bonchev–Trinajstić information content (AvgIpc) is 2.79. The normalized spacial score (nSPS) is 10.4. The fraction of sp³-hybridized carbons (Fsp3) is 0.273. The molecule has 0 saturated heterocycles. The number of rotatable bonds is 4. The molecule has 18 heavy (non-hydrogen) atoms. The summed E-state index contributed by atoms with van der Waals surface area (Å²) in [6.45, 7) is 0.160. The number of nitrogens with two attached hydrogens (primary N) is 1. The summed E-state index contributed by atoms with van der Waals surface area (Å²) in [5.74, 6) is 1.57. The topological polar surface area (TPSA) is 95.2 Å². The summed E-state index contributed by atoms with van der Waals surface area (Å²) in [5.41, 5.74) is 5.80. The van der Waals surface area contributed by atoms with Gasteiger partial charge in [0.25, 0.3) is 0 Å². The molecule has 0 bridgehead atoms. The fourth-order valence-corrected chi connectivity index (χ4v) is 1.70. The molecule has 0 aliphatic carbocycles. The average molecular weight is 250 g/mol. The van der Waals surface area contributed by atoms with Gasteiger partial charge in [0.15, 0.2) is 17.3 Å². The van der Waals surface area contributed by atoms with E-state index in [2.05, 4.69) is 10.2 Å². The Morgan fingerprint density at radius 3 is 2.67 bits per heavy atom. The molecule has 1 heterocycles. The predicted octanol–water partition coefficient (Wildman–Crippen LogP) is 0.0365. The maximum absolute atomic E-state index is 11.7. The van der Waals surface area contributed by atoms with E-state index >= 15 is 0 Å². The highest BCUT2D eigenvalue weighted by Crippen LogP contribution is 2.28. The molecule has 0 amide bonds. The maximum atomic E-state index is 11.7. The zero-order chi connectivity index (χ0) is 13.1. The summed E-state index contributed by atoms with van der Waals surface area (Å²) in [5, 5.41) is 6.20. The standard InChI is InChI=1S/C11H14N4O3/c1-17-8-4-3-7(5-9(8)18-2)15-10(6-12)13-14-11(15)16/h3-5H,6,12H2,1-2H3,(H,14,16). The second kappa shape index (κ2) is 4.92. The van der Waals surface area contributed by atoms with Gasteiger partial charge >= 0.3 is 5.69 Å². The molecule has 3 N–H and O–H groups in total. The molecular formula is C11H14N4O3. The molecule has 1 aromatic heterocycles. The van der Waals surface area contributed by atoms with Gasteiger partial charge in [-0.3, -0.25) is 0 Å². The van der Waals surface area contributed by atoms with Gasteiger partial charge in [0.1, 0.15) is 0 Å². The zero-order valence-electron chi connectivity index (χ0n) is 10.1. The van der Waals surface area contributed by atoms with Crippen molar-refractivity contribution in [3.05, 3.63) is 34.5 Å². The molecule has 7 nitrogen and oxygen atoms in total. The smallest absolute Gasteiger partial charge is 0.347 e. The number of hydrogen-bond acceptors (Lipinski definition) is 5. The molecule has 0 unspecified atom stereocenters. The largest absolute Gasteiger partial charge is 0.493 e. The van der Waals surface area contributed by atoms with E-state index in [1.165, 1.54) is 11.7 Å². The highest BCUT2D eigenvalue weighted by atomic mass is 16.5. The molecule has 0 fully saturated rings. The first kappa shape index (κ1) is 12.2. The number of aromatic nitrogens is 3. The number of benzene rings is 1. The van der Waals surface area contributed by atoms with Crippen LogP contribution in [0, 0.1) is 0 Å². The minimum absolute atomic E-state index is 0.160. The maximum Gasteiger partial charge on any atom is 0.347 e. The molecule has 7 heteroatoms. The molecule has 0 aliphatic rings. The Morgan fingerprint density at radius 1 is 1.33 bits per heavy atom. The van der Waals surface area contributed by atoms with Crippen molar-refractivity contribution in [1.29, 1.82) is 0 Å². The lowest BCUT2D eigenvalue weighted by atomic mass is 10.2. The van der Waals surface area contributed by atoms with E-state index in [9.17, 15) is 4.79 Å². The Kier molecular flexibility index (Phi) is 3.33. The van der Waals surface area contributed by atoms with Crippen LogP contribution < -0.4 is 20.9 Å². The number of nitrogens with zero attached hydrogens (tertiary/aromatic N) is 2. The van der Waals surface area contributed by atoms with Crippen molar-refractivity contribution in [1.82, 2.24) is 14.8 Å². The summed E-state index contributed by atoms with van der Waals surface area (Å²) in [4.78, 5) is 11.7. The molecule has 0 atom stereocenters. The minimum Gasteiger partial charge on any atom is -0.493 e. The summed E-state index contributed by atoms with van der Waals surface area (Å²) >= 11 is 0. The van der Waals surface area contributed by atoms with Crippen LogP contribution in [0.2, 0.25) is 0 Å². The lowest BCUT2D eigenvalue weighted by Gasteiger charge is -2.10. The Labute approximate surface area is 103 Å². The number of methoxy groups -OCH3 is 2. The van der Waals surface area contributed by atoms with Crippen molar-refractivity contribution in [2.75, 3.05) is 14.2 Å². The Balaban J connectivity index is 2.57. The first-order chi connectivity index (χ1) is 8.71. The van der Waals surface area contributed by atoms with Gasteiger partial charge in [-0.2, -0.15) is 5.10 Å². The Hall–Kier alpha value is -2.28. The SMILES string of the molecule is COc1ccc(-n2c(CN)n[nH]c2=O)cc1OC. The van der Waals surface area contributed by atoms with Crippen LogP contribution in [0.15, 0.2) is 23.0 Å². The summed E-state index contributed by atoms with van der Waals surface area (Å²) in [6.07, 6.45) is 0. The molecule has 0 aliphatic heterocycles. The van der Waals surface area contributed by atoms with Crippen molar-refractivity contribution >= 4 is 0 Å². The quantitative estimate of drug-likeness (QED) is 0.798. The summed E-state index contributed by atoms with van der Waals surface area (Å²) in [7, 11) is 3.08. The lowest BCUT2D eigenvalue weighted by Crippen LogP contribution is -2.18. The van der Waals surface area contributed by atoms with Crippen molar-refractivity contribution in [3.8, 4) is 17.2 Å². The zero-order valence-corrected chi connectivity index (χ0v) is 10.1. The molecule has 2 rings (SSSR count). The van der Waals surface area contributed by atoms with Gasteiger partial charge in [-0.1, -0.05) is 0 Å². The molecular weight excluding hydrogens is 236 g/mol. The molecule has 96 valence electrons. The molecule has 0 spiro atoms. The fourth-order valence-electron chi connectivity index (χ4n) is 1.70. The van der Waals surface area contributed by atoms with E-state index in [0.29, 0.717) is 23.0 Å². The van der Waals surface area contributed by atoms with Crippen LogP contribution in [0.25, 0.3) is 5.69 Å². The van der Waals surface area contributed by atoms with E-state index in [1.807, 2.05) is 0 Å². The third kappa shape index (κ3) is 1.95. The van der Waals surface area contributed by atoms with Gasteiger partial charge in [-0.05, 0) is 12.1 Å². The molecule has 2 aromatic rings. The van der Waals surface area contributed by atoms with Crippen LogP contribution in [-0.4, -0.2) is 29.0 Å². The Bertz CT molecular complexity index is 603. The van der Waals surface area contributed by atoms with Gasteiger partial charge in [0, 0.05) is 6.07 Å². The predicted molar refractivity (Wildman–Crippen MR) is 65.2 cm³/mol. The van der Waals surface area contributed by atoms with Crippen LogP contribution in [0.5, 0.6) is 11.5 Å². The number of hydrogen-bond donors (Lipinski definition) is 2. The number of nitrogens with one attached hydrogen (secondary N) is 1. The van der Waals surface area contributed by atoms with Crippen LogP contribution in [-0.2, 0) is 6.54 Å². The van der Waals surface area contributed by atoms with Gasteiger partial charge in [0.05, 0.1) is 26.5 Å². The monoisotopic (exact) mass is 250 g/mol. The summed E-state index contributed by atoms with van der Waals surface area (Å²) in [6, 6.07) is 5.14. The van der Waals surface area contributed by atoms with Gasteiger partial charge in [-0.25, -0.2) is 14.5 Å². The first-order valence-corrected chi connectivity index (χ1v) is 5.30. The van der Waals surface area contributed by atoms with Crippen molar-refractivity contribution < 1.29 is 9.47 Å². The third-order valence-electron chi connectivity index (χ3n) is 2.55. The highest BCUT2D eigenvalue weighted by Gasteiger charge is 2.11. The second-order valence-electron chi connectivity index (χ2n) is 3.52.